The van der Waals surface area contributed by atoms with Crippen molar-refractivity contribution in [1.29, 1.82) is 0 Å². The van der Waals surface area contributed by atoms with Crippen LogP contribution in [0.15, 0.2) is 27.8 Å². The van der Waals surface area contributed by atoms with E-state index in [4.69, 9.17) is 0 Å². The fourth-order valence-corrected chi connectivity index (χ4v) is 2.53. The fraction of sp³-hybridized carbons (Fsp3) is 0.385. The van der Waals surface area contributed by atoms with Crippen LogP contribution in [-0.4, -0.2) is 22.2 Å². The highest BCUT2D eigenvalue weighted by Crippen LogP contribution is 2.14. The zero-order valence-corrected chi connectivity index (χ0v) is 10.4. The Morgan fingerprint density at radius 2 is 2.00 bits per heavy atom. The summed E-state index contributed by atoms with van der Waals surface area (Å²) in [6.07, 6.45) is 0. The lowest BCUT2D eigenvalue weighted by Gasteiger charge is -2.29. The minimum Gasteiger partial charge on any atom is -0.312 e. The van der Waals surface area contributed by atoms with Crippen molar-refractivity contribution in [1.82, 2.24) is 14.5 Å². The summed E-state index contributed by atoms with van der Waals surface area (Å²) in [5.41, 5.74) is 1.27. The van der Waals surface area contributed by atoms with E-state index in [9.17, 15) is 9.59 Å². The van der Waals surface area contributed by atoms with Crippen molar-refractivity contribution in [3.05, 3.63) is 44.6 Å². The van der Waals surface area contributed by atoms with Crippen LogP contribution in [-0.2, 0) is 7.05 Å². The second-order valence-corrected chi connectivity index (χ2v) is 4.80. The van der Waals surface area contributed by atoms with Gasteiger partial charge in [-0.05, 0) is 18.6 Å². The van der Waals surface area contributed by atoms with Crippen molar-refractivity contribution < 1.29 is 0 Å². The minimum absolute atomic E-state index is 0.0129. The number of fused-ring (bicyclic) bond motifs is 1. The Hall–Kier alpha value is -1.88. The molecular formula is C13H15N3O2. The summed E-state index contributed by atoms with van der Waals surface area (Å²) in [6, 6.07) is 5.54. The highest BCUT2D eigenvalue weighted by molar-refractivity contribution is 5.81. The average Bonchev–Trinajstić information content (AvgIpc) is 2.29. The van der Waals surface area contributed by atoms with Gasteiger partial charge in [-0.2, -0.15) is 0 Å². The maximum atomic E-state index is 12.4. The Labute approximate surface area is 104 Å². The van der Waals surface area contributed by atoms with Gasteiger partial charge < -0.3 is 5.32 Å². The monoisotopic (exact) mass is 245 g/mol. The number of aryl methyl sites for hydroxylation is 2. The molecule has 18 heavy (non-hydrogen) atoms. The molecule has 0 aliphatic carbocycles. The topological polar surface area (TPSA) is 56.0 Å². The molecule has 3 rings (SSSR count). The summed E-state index contributed by atoms with van der Waals surface area (Å²) in [4.78, 5) is 24.7. The standard InChI is InChI=1S/C13H15N3O2/c1-8-4-3-5-10-11(8)15(2)13(18)16(12(10)17)9-6-14-7-9/h3-5,9,14H,6-7H2,1-2H3. The number of rotatable bonds is 1. The van der Waals surface area contributed by atoms with Crippen LogP contribution in [0.1, 0.15) is 11.6 Å². The zero-order chi connectivity index (χ0) is 12.9. The number of aromatic nitrogens is 2. The first-order valence-corrected chi connectivity index (χ1v) is 6.03. The van der Waals surface area contributed by atoms with E-state index in [0.717, 1.165) is 11.1 Å². The first-order valence-electron chi connectivity index (χ1n) is 6.03. The van der Waals surface area contributed by atoms with E-state index in [-0.39, 0.29) is 17.3 Å². The molecule has 0 spiro atoms. The largest absolute Gasteiger partial charge is 0.331 e. The van der Waals surface area contributed by atoms with Gasteiger partial charge in [-0.3, -0.25) is 13.9 Å². The molecule has 0 radical (unpaired) electrons. The molecule has 0 unspecified atom stereocenters. The minimum atomic E-state index is -0.228. The van der Waals surface area contributed by atoms with E-state index < -0.39 is 0 Å². The van der Waals surface area contributed by atoms with Crippen molar-refractivity contribution in [3.8, 4) is 0 Å². The van der Waals surface area contributed by atoms with Crippen LogP contribution in [0.5, 0.6) is 0 Å². The molecule has 0 amide bonds. The number of hydrogen-bond acceptors (Lipinski definition) is 3. The van der Waals surface area contributed by atoms with Crippen LogP contribution in [0, 0.1) is 6.92 Å². The summed E-state index contributed by atoms with van der Waals surface area (Å²) < 4.78 is 2.95. The second-order valence-electron chi connectivity index (χ2n) is 4.80. The fourth-order valence-electron chi connectivity index (χ4n) is 2.53. The van der Waals surface area contributed by atoms with Crippen LogP contribution in [0.4, 0.5) is 0 Å². The van der Waals surface area contributed by atoms with Gasteiger partial charge in [0, 0.05) is 20.1 Å². The molecule has 2 heterocycles. The summed E-state index contributed by atoms with van der Waals surface area (Å²) in [7, 11) is 1.72. The predicted octanol–water partition coefficient (Wildman–Crippen LogP) is 0.153. The van der Waals surface area contributed by atoms with Gasteiger partial charge >= 0.3 is 5.69 Å². The molecule has 0 bridgehead atoms. The van der Waals surface area contributed by atoms with Crippen LogP contribution < -0.4 is 16.6 Å². The van der Waals surface area contributed by atoms with Crippen molar-refractivity contribution in [3.63, 3.8) is 0 Å². The third kappa shape index (κ3) is 1.37. The molecule has 1 aliphatic rings. The van der Waals surface area contributed by atoms with E-state index in [1.807, 2.05) is 19.1 Å². The van der Waals surface area contributed by atoms with E-state index in [1.54, 1.807) is 17.7 Å². The maximum absolute atomic E-state index is 12.4. The third-order valence-electron chi connectivity index (χ3n) is 3.64. The molecule has 94 valence electrons. The average molecular weight is 245 g/mol. The zero-order valence-electron chi connectivity index (χ0n) is 10.4. The third-order valence-corrected chi connectivity index (χ3v) is 3.64. The molecule has 1 aliphatic heterocycles. The molecule has 0 saturated carbocycles. The lowest BCUT2D eigenvalue weighted by molar-refractivity contribution is 0.323. The second kappa shape index (κ2) is 3.81. The molecule has 5 heteroatoms. The van der Waals surface area contributed by atoms with E-state index >= 15 is 0 Å². The van der Waals surface area contributed by atoms with Crippen molar-refractivity contribution in [2.45, 2.75) is 13.0 Å². The molecular weight excluding hydrogens is 230 g/mol. The number of hydrogen-bond donors (Lipinski definition) is 1. The summed E-state index contributed by atoms with van der Waals surface area (Å²) >= 11 is 0. The van der Waals surface area contributed by atoms with Gasteiger partial charge in [0.05, 0.1) is 16.9 Å². The van der Waals surface area contributed by atoms with Crippen LogP contribution in [0.2, 0.25) is 0 Å². The number of benzene rings is 1. The molecule has 2 aromatic rings. The summed E-state index contributed by atoms with van der Waals surface area (Å²) in [6.45, 7) is 3.29. The van der Waals surface area contributed by atoms with Gasteiger partial charge in [0.15, 0.2) is 0 Å². The van der Waals surface area contributed by atoms with Gasteiger partial charge in [-0.1, -0.05) is 12.1 Å². The van der Waals surface area contributed by atoms with Gasteiger partial charge in [0.2, 0.25) is 0 Å². The number of para-hydroxylation sites is 1. The summed E-state index contributed by atoms with van der Waals surface area (Å²) in [5.74, 6) is 0. The van der Waals surface area contributed by atoms with E-state index in [2.05, 4.69) is 5.32 Å². The first kappa shape index (κ1) is 11.2. The molecule has 0 atom stereocenters. The molecule has 1 fully saturated rings. The predicted molar refractivity (Wildman–Crippen MR) is 70.1 cm³/mol. The maximum Gasteiger partial charge on any atom is 0.331 e. The highest BCUT2D eigenvalue weighted by Gasteiger charge is 2.24. The highest BCUT2D eigenvalue weighted by atomic mass is 16.2. The van der Waals surface area contributed by atoms with Gasteiger partial charge in [0.1, 0.15) is 0 Å². The van der Waals surface area contributed by atoms with Crippen molar-refractivity contribution in [2.24, 2.45) is 7.05 Å². The first-order chi connectivity index (χ1) is 8.61. The molecule has 1 aromatic heterocycles. The summed E-state index contributed by atoms with van der Waals surface area (Å²) in [5, 5.41) is 3.70. The Morgan fingerprint density at radius 3 is 2.61 bits per heavy atom. The van der Waals surface area contributed by atoms with Crippen LogP contribution in [0.3, 0.4) is 0 Å². The SMILES string of the molecule is Cc1cccc2c(=O)n(C3CNC3)c(=O)n(C)c12. The lowest BCUT2D eigenvalue weighted by Crippen LogP contribution is -2.53. The number of nitrogens with zero attached hydrogens (tertiary/aromatic N) is 2. The Balaban J connectivity index is 2.47. The van der Waals surface area contributed by atoms with E-state index in [0.29, 0.717) is 18.5 Å². The molecule has 1 N–H and O–H groups in total. The normalized spacial score (nSPS) is 15.9. The quantitative estimate of drug-likeness (QED) is 0.778. The van der Waals surface area contributed by atoms with Crippen LogP contribution in [0.25, 0.3) is 10.9 Å². The molecule has 5 nitrogen and oxygen atoms in total. The molecule has 1 aromatic carbocycles. The number of nitrogens with one attached hydrogen (secondary N) is 1. The van der Waals surface area contributed by atoms with Gasteiger partial charge in [-0.25, -0.2) is 4.79 Å². The Morgan fingerprint density at radius 1 is 1.28 bits per heavy atom. The smallest absolute Gasteiger partial charge is 0.312 e. The van der Waals surface area contributed by atoms with Gasteiger partial charge in [-0.15, -0.1) is 0 Å². The molecule has 1 saturated heterocycles. The van der Waals surface area contributed by atoms with Crippen molar-refractivity contribution >= 4 is 10.9 Å². The Kier molecular flexibility index (Phi) is 2.38. The van der Waals surface area contributed by atoms with Crippen LogP contribution >= 0.6 is 0 Å². The Bertz CT molecular complexity index is 738. The van der Waals surface area contributed by atoms with Gasteiger partial charge in [0.25, 0.3) is 5.56 Å². The van der Waals surface area contributed by atoms with Crippen molar-refractivity contribution in [2.75, 3.05) is 13.1 Å². The van der Waals surface area contributed by atoms with E-state index in [1.165, 1.54) is 4.57 Å². The lowest BCUT2D eigenvalue weighted by atomic mass is 10.1.